The summed E-state index contributed by atoms with van der Waals surface area (Å²) < 4.78 is 2.16. The number of aromatic nitrogens is 2. The smallest absolute Gasteiger partial charge is 0.346 e. The van der Waals surface area contributed by atoms with Gasteiger partial charge in [0.25, 0.3) is 5.56 Å². The lowest BCUT2D eigenvalue weighted by atomic mass is 10.1. The Bertz CT molecular complexity index is 851. The van der Waals surface area contributed by atoms with Gasteiger partial charge in [-0.1, -0.05) is 18.2 Å². The normalized spacial score (nSPS) is 10.8. The van der Waals surface area contributed by atoms with Crippen LogP contribution in [0.25, 0.3) is 10.1 Å². The molecule has 0 atom stereocenters. The van der Waals surface area contributed by atoms with Crippen molar-refractivity contribution in [3.63, 3.8) is 0 Å². The third-order valence-electron chi connectivity index (χ3n) is 2.99. The van der Waals surface area contributed by atoms with E-state index in [4.69, 9.17) is 0 Å². The van der Waals surface area contributed by atoms with Gasteiger partial charge in [0.15, 0.2) is 0 Å². The van der Waals surface area contributed by atoms with Crippen LogP contribution in [0.15, 0.2) is 47.4 Å². The fourth-order valence-corrected chi connectivity index (χ4v) is 3.14. The number of nitrogens with zero attached hydrogens (tertiary/aromatic N) is 2. The minimum atomic E-state index is -0.981. The number of hydrogen-bond donors (Lipinski definition) is 1. The summed E-state index contributed by atoms with van der Waals surface area (Å²) in [7, 11) is 0. The Morgan fingerprint density at radius 2 is 2.05 bits per heavy atom. The van der Waals surface area contributed by atoms with Gasteiger partial charge in [-0.05, 0) is 17.5 Å². The summed E-state index contributed by atoms with van der Waals surface area (Å²) in [6, 6.07) is 10.4. The van der Waals surface area contributed by atoms with Gasteiger partial charge in [-0.2, -0.15) is 5.10 Å². The Morgan fingerprint density at radius 3 is 2.80 bits per heavy atom. The van der Waals surface area contributed by atoms with E-state index in [0.717, 1.165) is 10.1 Å². The summed E-state index contributed by atoms with van der Waals surface area (Å²) in [6.45, 7) is 0.158. The molecule has 1 aromatic carbocycles. The quantitative estimate of drug-likeness (QED) is 0.801. The van der Waals surface area contributed by atoms with Crippen molar-refractivity contribution in [1.29, 1.82) is 0 Å². The molecule has 2 aromatic heterocycles. The lowest BCUT2D eigenvalue weighted by Crippen LogP contribution is -2.22. The maximum absolute atomic E-state index is 11.7. The van der Waals surface area contributed by atoms with Gasteiger partial charge in [0.1, 0.15) is 4.88 Å². The number of aromatic carboxylic acids is 1. The molecule has 20 heavy (non-hydrogen) atoms. The standard InChI is InChI=1S/C14H10N2O3S/c17-12-6-3-7-15-16(12)8-10-9-4-1-2-5-11(9)20-13(10)14(18)19/h1-7H,8H2,(H,18,19). The molecule has 6 heteroatoms. The summed E-state index contributed by atoms with van der Waals surface area (Å²) in [5.41, 5.74) is 0.373. The van der Waals surface area contributed by atoms with E-state index in [1.54, 1.807) is 6.07 Å². The van der Waals surface area contributed by atoms with Crippen LogP contribution in [0.1, 0.15) is 15.2 Å². The molecule has 0 unspecified atom stereocenters. The van der Waals surface area contributed by atoms with Crippen molar-refractivity contribution in [2.24, 2.45) is 0 Å². The van der Waals surface area contributed by atoms with E-state index in [1.165, 1.54) is 28.3 Å². The summed E-state index contributed by atoms with van der Waals surface area (Å²) in [4.78, 5) is 23.3. The SMILES string of the molecule is O=C(O)c1sc2ccccc2c1Cn1ncccc1=O. The van der Waals surface area contributed by atoms with Crippen LogP contribution in [0.4, 0.5) is 0 Å². The zero-order valence-electron chi connectivity index (χ0n) is 10.3. The third kappa shape index (κ3) is 2.10. The molecule has 0 radical (unpaired) electrons. The minimum absolute atomic E-state index is 0.158. The van der Waals surface area contributed by atoms with E-state index in [-0.39, 0.29) is 17.0 Å². The highest BCUT2D eigenvalue weighted by atomic mass is 32.1. The molecule has 0 bridgehead atoms. The first kappa shape index (κ1) is 12.6. The number of carboxylic acids is 1. The van der Waals surface area contributed by atoms with Gasteiger partial charge < -0.3 is 5.11 Å². The molecule has 100 valence electrons. The fourth-order valence-electron chi connectivity index (χ4n) is 2.08. The van der Waals surface area contributed by atoms with Crippen LogP contribution >= 0.6 is 11.3 Å². The van der Waals surface area contributed by atoms with Crippen molar-refractivity contribution in [2.75, 3.05) is 0 Å². The van der Waals surface area contributed by atoms with Gasteiger partial charge >= 0.3 is 5.97 Å². The predicted molar refractivity (Wildman–Crippen MR) is 76.4 cm³/mol. The van der Waals surface area contributed by atoms with E-state index < -0.39 is 5.97 Å². The Morgan fingerprint density at radius 1 is 1.25 bits per heavy atom. The van der Waals surface area contributed by atoms with Crippen LogP contribution in [0.3, 0.4) is 0 Å². The van der Waals surface area contributed by atoms with Gasteiger partial charge in [-0.3, -0.25) is 4.79 Å². The maximum atomic E-state index is 11.7. The molecule has 0 saturated carbocycles. The summed E-state index contributed by atoms with van der Waals surface area (Å²) in [5, 5.41) is 14.1. The van der Waals surface area contributed by atoms with Crippen LogP contribution in [0, 0.1) is 0 Å². The van der Waals surface area contributed by atoms with Crippen molar-refractivity contribution >= 4 is 27.4 Å². The fraction of sp³-hybridized carbons (Fsp3) is 0.0714. The number of thiophene rings is 1. The van der Waals surface area contributed by atoms with Crippen molar-refractivity contribution < 1.29 is 9.90 Å². The minimum Gasteiger partial charge on any atom is -0.477 e. The molecule has 1 N–H and O–H groups in total. The molecule has 0 saturated heterocycles. The zero-order chi connectivity index (χ0) is 14.1. The zero-order valence-corrected chi connectivity index (χ0v) is 11.1. The molecular weight excluding hydrogens is 276 g/mol. The van der Waals surface area contributed by atoms with Crippen LogP contribution in [-0.4, -0.2) is 20.9 Å². The van der Waals surface area contributed by atoms with Crippen LogP contribution < -0.4 is 5.56 Å². The second-order valence-corrected chi connectivity index (χ2v) is 5.28. The van der Waals surface area contributed by atoms with E-state index in [9.17, 15) is 14.7 Å². The lowest BCUT2D eigenvalue weighted by molar-refractivity contribution is 0.0701. The molecule has 3 aromatic rings. The van der Waals surface area contributed by atoms with Crippen molar-refractivity contribution in [2.45, 2.75) is 6.54 Å². The molecular formula is C14H10N2O3S. The Kier molecular flexibility index (Phi) is 3.08. The predicted octanol–water partition coefficient (Wildman–Crippen LogP) is 2.20. The summed E-state index contributed by atoms with van der Waals surface area (Å²) >= 11 is 1.21. The number of rotatable bonds is 3. The van der Waals surface area contributed by atoms with Gasteiger partial charge in [-0.15, -0.1) is 11.3 Å². The Hall–Kier alpha value is -2.47. The average molecular weight is 286 g/mol. The first-order chi connectivity index (χ1) is 9.66. The highest BCUT2D eigenvalue weighted by Crippen LogP contribution is 2.31. The third-order valence-corrected chi connectivity index (χ3v) is 4.19. The largest absolute Gasteiger partial charge is 0.477 e. The first-order valence-electron chi connectivity index (χ1n) is 5.92. The molecule has 0 amide bonds. The van der Waals surface area contributed by atoms with Crippen LogP contribution in [0.2, 0.25) is 0 Å². The van der Waals surface area contributed by atoms with Crippen molar-refractivity contribution in [3.8, 4) is 0 Å². The topological polar surface area (TPSA) is 72.2 Å². The molecule has 0 aliphatic carbocycles. The highest BCUT2D eigenvalue weighted by Gasteiger charge is 2.18. The number of carboxylic acid groups (broad SMARTS) is 1. The Labute approximate surface area is 117 Å². The molecule has 0 aliphatic rings. The lowest BCUT2D eigenvalue weighted by Gasteiger charge is -2.04. The maximum Gasteiger partial charge on any atom is 0.346 e. The van der Waals surface area contributed by atoms with Crippen LogP contribution in [0.5, 0.6) is 0 Å². The number of carbonyl (C=O) groups is 1. The molecule has 3 rings (SSSR count). The number of fused-ring (bicyclic) bond motifs is 1. The van der Waals surface area contributed by atoms with Gasteiger partial charge in [-0.25, -0.2) is 9.48 Å². The Balaban J connectivity index is 2.19. The second-order valence-electron chi connectivity index (χ2n) is 4.23. The molecule has 0 spiro atoms. The van der Waals surface area contributed by atoms with Gasteiger partial charge in [0, 0.05) is 22.5 Å². The number of hydrogen-bond acceptors (Lipinski definition) is 4. The van der Waals surface area contributed by atoms with Gasteiger partial charge in [0.2, 0.25) is 0 Å². The van der Waals surface area contributed by atoms with E-state index in [0.29, 0.717) is 5.56 Å². The van der Waals surface area contributed by atoms with Crippen LogP contribution in [-0.2, 0) is 6.54 Å². The molecule has 0 aliphatic heterocycles. The summed E-state index contributed by atoms with van der Waals surface area (Å²) in [6.07, 6.45) is 1.51. The second kappa shape index (κ2) is 4.90. The molecule has 5 nitrogen and oxygen atoms in total. The molecule has 2 heterocycles. The van der Waals surface area contributed by atoms with E-state index in [1.807, 2.05) is 24.3 Å². The first-order valence-corrected chi connectivity index (χ1v) is 6.74. The number of benzene rings is 1. The summed E-state index contributed by atoms with van der Waals surface area (Å²) in [5.74, 6) is -0.981. The van der Waals surface area contributed by atoms with E-state index >= 15 is 0 Å². The average Bonchev–Trinajstić information content (AvgIpc) is 2.81. The van der Waals surface area contributed by atoms with Crippen molar-refractivity contribution in [3.05, 3.63) is 63.4 Å². The van der Waals surface area contributed by atoms with Crippen molar-refractivity contribution in [1.82, 2.24) is 9.78 Å². The highest BCUT2D eigenvalue weighted by molar-refractivity contribution is 7.21. The van der Waals surface area contributed by atoms with Gasteiger partial charge in [0.05, 0.1) is 6.54 Å². The van der Waals surface area contributed by atoms with E-state index in [2.05, 4.69) is 5.10 Å². The monoisotopic (exact) mass is 286 g/mol. The molecule has 0 fully saturated rings.